The molecule has 1 amide bonds. The van der Waals surface area contributed by atoms with Gasteiger partial charge in [-0.25, -0.2) is 0 Å². The number of amides is 1. The first-order valence-corrected chi connectivity index (χ1v) is 7.35. The Kier molecular flexibility index (Phi) is 4.85. The van der Waals surface area contributed by atoms with E-state index in [1.807, 2.05) is 31.2 Å². The highest BCUT2D eigenvalue weighted by Gasteiger charge is 2.16. The van der Waals surface area contributed by atoms with Gasteiger partial charge in [-0.2, -0.15) is 0 Å². The van der Waals surface area contributed by atoms with Gasteiger partial charge in [-0.3, -0.25) is 4.79 Å². The van der Waals surface area contributed by atoms with Gasteiger partial charge in [0.25, 0.3) is 5.91 Å². The lowest BCUT2D eigenvalue weighted by atomic mass is 10.1. The van der Waals surface area contributed by atoms with E-state index in [1.54, 1.807) is 25.1 Å². The third-order valence-corrected chi connectivity index (χ3v) is 3.60. The quantitative estimate of drug-likeness (QED) is 0.827. The van der Waals surface area contributed by atoms with Crippen molar-refractivity contribution in [2.45, 2.75) is 20.0 Å². The van der Waals surface area contributed by atoms with Gasteiger partial charge in [0, 0.05) is 15.8 Å². The van der Waals surface area contributed by atoms with Gasteiger partial charge in [-0.1, -0.05) is 28.1 Å². The van der Waals surface area contributed by atoms with Crippen LogP contribution in [0.25, 0.3) is 0 Å². The molecule has 0 saturated heterocycles. The van der Waals surface area contributed by atoms with Crippen LogP contribution in [0.3, 0.4) is 0 Å². The van der Waals surface area contributed by atoms with Crippen LogP contribution in [0.2, 0.25) is 0 Å². The van der Waals surface area contributed by atoms with Crippen LogP contribution in [0, 0.1) is 6.92 Å². The number of ether oxygens (including phenoxy) is 1. The van der Waals surface area contributed by atoms with Crippen LogP contribution in [0.15, 0.2) is 46.9 Å². The van der Waals surface area contributed by atoms with Crippen molar-refractivity contribution in [1.82, 2.24) is 0 Å². The number of carbonyl (C=O) groups is 1. The summed E-state index contributed by atoms with van der Waals surface area (Å²) in [5, 5.41) is 2.83. The third-order valence-electron chi connectivity index (χ3n) is 3.11. The van der Waals surface area contributed by atoms with Crippen LogP contribution in [-0.2, 0) is 4.79 Å². The molecule has 0 bridgehead atoms. The Bertz CT molecular complexity index is 658. The number of anilines is 2. The van der Waals surface area contributed by atoms with Crippen molar-refractivity contribution in [3.05, 3.63) is 52.5 Å². The lowest BCUT2D eigenvalue weighted by Gasteiger charge is -2.16. The number of rotatable bonds is 4. The van der Waals surface area contributed by atoms with E-state index in [-0.39, 0.29) is 5.91 Å². The van der Waals surface area contributed by atoms with E-state index in [2.05, 4.69) is 21.2 Å². The molecule has 0 heterocycles. The molecule has 0 radical (unpaired) electrons. The van der Waals surface area contributed by atoms with E-state index in [1.165, 1.54) is 0 Å². The van der Waals surface area contributed by atoms with Gasteiger partial charge in [-0.15, -0.1) is 0 Å². The fourth-order valence-electron chi connectivity index (χ4n) is 1.82. The molecule has 0 aromatic heterocycles. The summed E-state index contributed by atoms with van der Waals surface area (Å²) in [6, 6.07) is 12.8. The van der Waals surface area contributed by atoms with Crippen molar-refractivity contribution in [3.63, 3.8) is 0 Å². The van der Waals surface area contributed by atoms with Crippen LogP contribution in [0.1, 0.15) is 12.5 Å². The predicted molar refractivity (Wildman–Crippen MR) is 88.5 cm³/mol. The fourth-order valence-corrected chi connectivity index (χ4v) is 2.20. The minimum absolute atomic E-state index is 0.219. The molecule has 0 aliphatic carbocycles. The zero-order chi connectivity index (χ0) is 15.4. The third kappa shape index (κ3) is 3.98. The molecule has 2 aromatic carbocycles. The highest BCUT2D eigenvalue weighted by molar-refractivity contribution is 9.10. The first kappa shape index (κ1) is 15.4. The fraction of sp³-hybridized carbons (Fsp3) is 0.188. The highest BCUT2D eigenvalue weighted by Crippen LogP contribution is 2.22. The Labute approximate surface area is 132 Å². The number of nitrogens with two attached hydrogens (primary N) is 1. The molecule has 0 saturated carbocycles. The van der Waals surface area contributed by atoms with Gasteiger partial charge >= 0.3 is 0 Å². The molecule has 0 fully saturated rings. The van der Waals surface area contributed by atoms with Crippen molar-refractivity contribution in [2.24, 2.45) is 0 Å². The van der Waals surface area contributed by atoms with Gasteiger partial charge < -0.3 is 15.8 Å². The summed E-state index contributed by atoms with van der Waals surface area (Å²) in [5.41, 5.74) is 8.02. The monoisotopic (exact) mass is 348 g/mol. The molecule has 110 valence electrons. The van der Waals surface area contributed by atoms with Gasteiger partial charge in [-0.05, 0) is 49.7 Å². The first-order valence-electron chi connectivity index (χ1n) is 6.55. The number of benzene rings is 2. The number of nitrogen functional groups attached to an aromatic ring is 1. The average molecular weight is 349 g/mol. The number of nitrogens with one attached hydrogen (secondary N) is 1. The standard InChI is InChI=1S/C16H17BrN2O2/c1-10-14(18)7-4-8-15(10)19-16(20)11(2)21-13-6-3-5-12(17)9-13/h3-9,11H,18H2,1-2H3,(H,19,20). The summed E-state index contributed by atoms with van der Waals surface area (Å²) < 4.78 is 6.53. The van der Waals surface area contributed by atoms with E-state index < -0.39 is 6.10 Å². The minimum atomic E-state index is -0.611. The summed E-state index contributed by atoms with van der Waals surface area (Å²) in [5.74, 6) is 0.417. The van der Waals surface area contributed by atoms with E-state index in [0.717, 1.165) is 10.0 Å². The molecule has 3 N–H and O–H groups in total. The maximum Gasteiger partial charge on any atom is 0.265 e. The lowest BCUT2D eigenvalue weighted by Crippen LogP contribution is -2.30. The highest BCUT2D eigenvalue weighted by atomic mass is 79.9. The Morgan fingerprint density at radius 2 is 2.00 bits per heavy atom. The van der Waals surface area contributed by atoms with Crippen molar-refractivity contribution in [3.8, 4) is 5.75 Å². The predicted octanol–water partition coefficient (Wildman–Crippen LogP) is 3.75. The summed E-state index contributed by atoms with van der Waals surface area (Å²) in [4.78, 5) is 12.2. The lowest BCUT2D eigenvalue weighted by molar-refractivity contribution is -0.122. The van der Waals surface area contributed by atoms with Crippen LogP contribution >= 0.6 is 15.9 Å². The first-order chi connectivity index (χ1) is 9.97. The maximum absolute atomic E-state index is 12.2. The van der Waals surface area contributed by atoms with Crippen LogP contribution < -0.4 is 15.8 Å². The topological polar surface area (TPSA) is 64.3 Å². The van der Waals surface area contributed by atoms with Crippen LogP contribution in [0.5, 0.6) is 5.75 Å². The van der Waals surface area contributed by atoms with Crippen molar-refractivity contribution < 1.29 is 9.53 Å². The molecule has 21 heavy (non-hydrogen) atoms. The second-order valence-electron chi connectivity index (χ2n) is 4.73. The summed E-state index contributed by atoms with van der Waals surface area (Å²) in [6.07, 6.45) is -0.611. The van der Waals surface area contributed by atoms with Crippen LogP contribution in [0.4, 0.5) is 11.4 Å². The number of carbonyl (C=O) groups excluding carboxylic acids is 1. The molecular weight excluding hydrogens is 332 g/mol. The van der Waals surface area contributed by atoms with E-state index in [4.69, 9.17) is 10.5 Å². The zero-order valence-electron chi connectivity index (χ0n) is 11.9. The van der Waals surface area contributed by atoms with Gasteiger partial charge in [0.1, 0.15) is 5.75 Å². The smallest absolute Gasteiger partial charge is 0.265 e. The molecular formula is C16H17BrN2O2. The molecule has 1 unspecified atom stereocenters. The molecule has 5 heteroatoms. The molecule has 4 nitrogen and oxygen atoms in total. The van der Waals surface area contributed by atoms with Crippen molar-refractivity contribution in [2.75, 3.05) is 11.1 Å². The Morgan fingerprint density at radius 3 is 2.71 bits per heavy atom. The second-order valence-corrected chi connectivity index (χ2v) is 5.64. The second kappa shape index (κ2) is 6.63. The summed E-state index contributed by atoms with van der Waals surface area (Å²) in [7, 11) is 0. The molecule has 1 atom stereocenters. The Morgan fingerprint density at radius 1 is 1.29 bits per heavy atom. The largest absolute Gasteiger partial charge is 0.481 e. The minimum Gasteiger partial charge on any atom is -0.481 e. The SMILES string of the molecule is Cc1c(N)cccc1NC(=O)C(C)Oc1cccc(Br)c1. The van der Waals surface area contributed by atoms with Crippen LogP contribution in [-0.4, -0.2) is 12.0 Å². The average Bonchev–Trinajstić information content (AvgIpc) is 2.44. The van der Waals surface area contributed by atoms with E-state index in [9.17, 15) is 4.79 Å². The molecule has 0 aliphatic rings. The van der Waals surface area contributed by atoms with Crippen molar-refractivity contribution >= 4 is 33.2 Å². The Balaban J connectivity index is 2.04. The molecule has 2 rings (SSSR count). The molecule has 2 aromatic rings. The summed E-state index contributed by atoms with van der Waals surface area (Å²) >= 11 is 3.37. The van der Waals surface area contributed by atoms with Gasteiger partial charge in [0.15, 0.2) is 6.10 Å². The van der Waals surface area contributed by atoms with E-state index >= 15 is 0 Å². The number of hydrogen-bond acceptors (Lipinski definition) is 3. The molecule has 0 aliphatic heterocycles. The Hall–Kier alpha value is -2.01. The van der Waals surface area contributed by atoms with Gasteiger partial charge in [0.05, 0.1) is 0 Å². The number of halogens is 1. The van der Waals surface area contributed by atoms with Gasteiger partial charge in [0.2, 0.25) is 0 Å². The van der Waals surface area contributed by atoms with Crippen molar-refractivity contribution in [1.29, 1.82) is 0 Å². The maximum atomic E-state index is 12.2. The zero-order valence-corrected chi connectivity index (χ0v) is 13.5. The van der Waals surface area contributed by atoms with E-state index in [0.29, 0.717) is 17.1 Å². The number of hydrogen-bond donors (Lipinski definition) is 2. The molecule has 0 spiro atoms. The normalized spacial score (nSPS) is 11.8. The summed E-state index contributed by atoms with van der Waals surface area (Å²) in [6.45, 7) is 3.57.